The first-order valence-corrected chi connectivity index (χ1v) is 9.27. The Kier molecular flexibility index (Phi) is 6.52. The van der Waals surface area contributed by atoms with Crippen LogP contribution in [-0.2, 0) is 6.54 Å². The number of hydrogen-bond acceptors (Lipinski definition) is 3. The quantitative estimate of drug-likeness (QED) is 0.606. The molecule has 0 saturated carbocycles. The van der Waals surface area contributed by atoms with Crippen molar-refractivity contribution in [1.29, 1.82) is 0 Å². The number of hydrogen-bond donors (Lipinski definition) is 2. The van der Waals surface area contributed by atoms with E-state index in [0.29, 0.717) is 24.0 Å². The van der Waals surface area contributed by atoms with Crippen molar-refractivity contribution in [3.63, 3.8) is 0 Å². The first-order valence-electron chi connectivity index (χ1n) is 9.27. The maximum atomic E-state index is 13.7. The lowest BCUT2D eigenvalue weighted by atomic mass is 10.1. The zero-order valence-electron chi connectivity index (χ0n) is 15.9. The van der Waals surface area contributed by atoms with Gasteiger partial charge >= 0.3 is 0 Å². The molecule has 1 aliphatic rings. The van der Waals surface area contributed by atoms with Gasteiger partial charge in [-0.15, -0.1) is 0 Å². The highest BCUT2D eigenvalue weighted by Gasteiger charge is 2.24. The number of aliphatic imine (C=N–C) groups is 1. The van der Waals surface area contributed by atoms with Crippen molar-refractivity contribution < 1.29 is 9.13 Å². The molecule has 0 bridgehead atoms. The van der Waals surface area contributed by atoms with E-state index in [1.807, 2.05) is 24.3 Å². The Labute approximate surface area is 160 Å². The van der Waals surface area contributed by atoms with Crippen molar-refractivity contribution in [1.82, 2.24) is 10.6 Å². The van der Waals surface area contributed by atoms with Crippen LogP contribution in [0.1, 0.15) is 12.0 Å². The molecule has 0 spiro atoms. The van der Waals surface area contributed by atoms with Crippen LogP contribution in [0.3, 0.4) is 0 Å². The molecule has 6 heteroatoms. The summed E-state index contributed by atoms with van der Waals surface area (Å²) in [5.74, 6) is 1.91. The molecule has 3 rings (SSSR count). The first-order chi connectivity index (χ1) is 13.2. The van der Waals surface area contributed by atoms with E-state index in [-0.39, 0.29) is 5.82 Å². The Balaban J connectivity index is 1.49. The molecule has 0 aliphatic carbocycles. The van der Waals surface area contributed by atoms with E-state index >= 15 is 0 Å². The van der Waals surface area contributed by atoms with Gasteiger partial charge < -0.3 is 20.3 Å². The summed E-state index contributed by atoms with van der Waals surface area (Å²) in [5.41, 5.74) is 1.77. The molecule has 1 unspecified atom stereocenters. The van der Waals surface area contributed by atoms with Crippen LogP contribution in [0.25, 0.3) is 0 Å². The molecule has 5 nitrogen and oxygen atoms in total. The standard InChI is InChI=1S/C21H27FN4O/c1-23-21(25-14-17-7-3-4-8-18(17)22)24-13-16-11-12-26(15-16)19-9-5-6-10-20(19)27-2/h3-10,16H,11-15H2,1-2H3,(H2,23,24,25). The van der Waals surface area contributed by atoms with Gasteiger partial charge in [0, 0.05) is 38.8 Å². The number of para-hydroxylation sites is 2. The van der Waals surface area contributed by atoms with Crippen LogP contribution in [0.2, 0.25) is 0 Å². The Morgan fingerprint density at radius 1 is 1.19 bits per heavy atom. The monoisotopic (exact) mass is 370 g/mol. The predicted octanol–water partition coefficient (Wildman–Crippen LogP) is 3.03. The van der Waals surface area contributed by atoms with Gasteiger partial charge in [0.15, 0.2) is 5.96 Å². The summed E-state index contributed by atoms with van der Waals surface area (Å²) >= 11 is 0. The number of rotatable bonds is 6. The first kappa shape index (κ1) is 19.0. The zero-order chi connectivity index (χ0) is 19.1. The average Bonchev–Trinajstić information content (AvgIpc) is 3.18. The Bertz CT molecular complexity index is 780. The lowest BCUT2D eigenvalue weighted by molar-refractivity contribution is 0.414. The molecule has 1 heterocycles. The minimum absolute atomic E-state index is 0.205. The maximum absolute atomic E-state index is 13.7. The molecule has 1 atom stereocenters. The van der Waals surface area contributed by atoms with E-state index in [2.05, 4.69) is 26.6 Å². The fourth-order valence-electron chi connectivity index (χ4n) is 3.39. The Morgan fingerprint density at radius 3 is 2.74 bits per heavy atom. The maximum Gasteiger partial charge on any atom is 0.191 e. The van der Waals surface area contributed by atoms with Gasteiger partial charge in [0.25, 0.3) is 0 Å². The lowest BCUT2D eigenvalue weighted by Crippen LogP contribution is -2.40. The Hall–Kier alpha value is -2.76. The summed E-state index contributed by atoms with van der Waals surface area (Å²) in [6, 6.07) is 14.9. The number of ether oxygens (including phenoxy) is 1. The molecule has 0 radical (unpaired) electrons. The molecule has 1 saturated heterocycles. The van der Waals surface area contributed by atoms with Crippen molar-refractivity contribution in [2.24, 2.45) is 10.9 Å². The third-order valence-electron chi connectivity index (χ3n) is 4.90. The van der Waals surface area contributed by atoms with E-state index in [1.165, 1.54) is 6.07 Å². The van der Waals surface area contributed by atoms with Crippen LogP contribution >= 0.6 is 0 Å². The third kappa shape index (κ3) is 4.90. The average molecular weight is 370 g/mol. The molecule has 2 aromatic carbocycles. The molecular weight excluding hydrogens is 343 g/mol. The lowest BCUT2D eigenvalue weighted by Gasteiger charge is -2.21. The second-order valence-corrected chi connectivity index (χ2v) is 6.67. The van der Waals surface area contributed by atoms with Gasteiger partial charge in [-0.1, -0.05) is 30.3 Å². The molecule has 0 aromatic heterocycles. The fourth-order valence-corrected chi connectivity index (χ4v) is 3.39. The molecule has 2 N–H and O–H groups in total. The predicted molar refractivity (Wildman–Crippen MR) is 108 cm³/mol. The van der Waals surface area contributed by atoms with Gasteiger partial charge in [-0.3, -0.25) is 4.99 Å². The van der Waals surface area contributed by atoms with Gasteiger partial charge in [-0.05, 0) is 30.5 Å². The number of benzene rings is 2. The summed E-state index contributed by atoms with van der Waals surface area (Å²) < 4.78 is 19.2. The SMILES string of the molecule is CN=C(NCc1ccccc1F)NCC1CCN(c2ccccc2OC)C1. The van der Waals surface area contributed by atoms with Gasteiger partial charge in [0.05, 0.1) is 12.8 Å². The highest BCUT2D eigenvalue weighted by molar-refractivity contribution is 5.79. The summed E-state index contributed by atoms with van der Waals surface area (Å²) in [6.07, 6.45) is 1.11. The van der Waals surface area contributed by atoms with Crippen molar-refractivity contribution in [3.05, 3.63) is 59.9 Å². The molecule has 2 aromatic rings. The van der Waals surface area contributed by atoms with Gasteiger partial charge in [-0.25, -0.2) is 4.39 Å². The molecule has 0 amide bonds. The second kappa shape index (κ2) is 9.26. The highest BCUT2D eigenvalue weighted by atomic mass is 19.1. The van der Waals surface area contributed by atoms with Crippen molar-refractivity contribution in [3.8, 4) is 5.75 Å². The van der Waals surface area contributed by atoms with Crippen LogP contribution in [0.5, 0.6) is 5.75 Å². The Morgan fingerprint density at radius 2 is 1.96 bits per heavy atom. The third-order valence-corrected chi connectivity index (χ3v) is 4.90. The largest absolute Gasteiger partial charge is 0.495 e. The topological polar surface area (TPSA) is 48.9 Å². The number of nitrogens with zero attached hydrogens (tertiary/aromatic N) is 2. The molecule has 1 aliphatic heterocycles. The molecule has 144 valence electrons. The van der Waals surface area contributed by atoms with Crippen LogP contribution < -0.4 is 20.3 Å². The summed E-state index contributed by atoms with van der Waals surface area (Å²) in [6.45, 7) is 3.21. The van der Waals surface area contributed by atoms with Crippen LogP contribution in [0.15, 0.2) is 53.5 Å². The molecular formula is C21H27FN4O. The van der Waals surface area contributed by atoms with Gasteiger partial charge in [0.1, 0.15) is 11.6 Å². The minimum atomic E-state index is -0.205. The number of halogens is 1. The van der Waals surface area contributed by atoms with Crippen molar-refractivity contribution in [2.45, 2.75) is 13.0 Å². The number of guanidine groups is 1. The summed E-state index contributed by atoms with van der Waals surface area (Å²) in [5, 5.41) is 6.54. The van der Waals surface area contributed by atoms with Gasteiger partial charge in [-0.2, -0.15) is 0 Å². The normalized spacial score (nSPS) is 17.1. The van der Waals surface area contributed by atoms with E-state index in [9.17, 15) is 4.39 Å². The zero-order valence-corrected chi connectivity index (χ0v) is 15.9. The van der Waals surface area contributed by atoms with Crippen molar-refractivity contribution in [2.75, 3.05) is 38.7 Å². The second-order valence-electron chi connectivity index (χ2n) is 6.67. The van der Waals surface area contributed by atoms with E-state index in [1.54, 1.807) is 26.3 Å². The van der Waals surface area contributed by atoms with Crippen LogP contribution in [-0.4, -0.2) is 39.8 Å². The van der Waals surface area contributed by atoms with Crippen LogP contribution in [0.4, 0.5) is 10.1 Å². The summed E-state index contributed by atoms with van der Waals surface area (Å²) in [7, 11) is 3.44. The van der Waals surface area contributed by atoms with E-state index in [4.69, 9.17) is 4.74 Å². The van der Waals surface area contributed by atoms with Crippen molar-refractivity contribution >= 4 is 11.6 Å². The summed E-state index contributed by atoms with van der Waals surface area (Å²) in [4.78, 5) is 6.60. The molecule has 1 fully saturated rings. The number of anilines is 1. The van der Waals surface area contributed by atoms with E-state index in [0.717, 1.165) is 37.5 Å². The fraction of sp³-hybridized carbons (Fsp3) is 0.381. The van der Waals surface area contributed by atoms with Gasteiger partial charge in [0.2, 0.25) is 0 Å². The highest BCUT2D eigenvalue weighted by Crippen LogP contribution is 2.31. The van der Waals surface area contributed by atoms with Crippen LogP contribution in [0, 0.1) is 11.7 Å². The number of methoxy groups -OCH3 is 1. The minimum Gasteiger partial charge on any atom is -0.495 e. The van der Waals surface area contributed by atoms with E-state index < -0.39 is 0 Å². The number of nitrogens with one attached hydrogen (secondary N) is 2. The smallest absolute Gasteiger partial charge is 0.191 e. The molecule has 27 heavy (non-hydrogen) atoms.